The zero-order valence-corrected chi connectivity index (χ0v) is 12.7. The molecule has 1 atom stereocenters. The van der Waals surface area contributed by atoms with Gasteiger partial charge in [-0.3, -0.25) is 9.69 Å². The van der Waals surface area contributed by atoms with E-state index in [1.165, 1.54) is 41.9 Å². The second-order valence-corrected chi connectivity index (χ2v) is 6.10. The number of nitrogens with zero attached hydrogens (tertiary/aromatic N) is 2. The maximum Gasteiger partial charge on any atom is 0.327 e. The highest BCUT2D eigenvalue weighted by atomic mass is 16.2. The van der Waals surface area contributed by atoms with Gasteiger partial charge in [0.15, 0.2) is 0 Å². The van der Waals surface area contributed by atoms with Crippen LogP contribution in [0, 0.1) is 5.92 Å². The quantitative estimate of drug-likeness (QED) is 0.756. The van der Waals surface area contributed by atoms with E-state index < -0.39 is 0 Å². The van der Waals surface area contributed by atoms with Crippen molar-refractivity contribution in [2.75, 3.05) is 26.7 Å². The van der Waals surface area contributed by atoms with Gasteiger partial charge in [-0.1, -0.05) is 26.2 Å². The van der Waals surface area contributed by atoms with Gasteiger partial charge in [0.1, 0.15) is 6.54 Å². The van der Waals surface area contributed by atoms with Crippen LogP contribution in [-0.4, -0.2) is 54.5 Å². The van der Waals surface area contributed by atoms with Gasteiger partial charge in [0.05, 0.1) is 0 Å². The van der Waals surface area contributed by atoms with E-state index in [2.05, 4.69) is 12.2 Å². The Morgan fingerprint density at radius 2 is 1.95 bits per heavy atom. The van der Waals surface area contributed by atoms with Crippen LogP contribution >= 0.6 is 0 Å². The van der Waals surface area contributed by atoms with Crippen molar-refractivity contribution < 1.29 is 9.59 Å². The maximum atomic E-state index is 12.0. The molecule has 0 radical (unpaired) electrons. The van der Waals surface area contributed by atoms with Gasteiger partial charge >= 0.3 is 6.03 Å². The van der Waals surface area contributed by atoms with Gasteiger partial charge in [-0.05, 0) is 31.7 Å². The molecule has 2 rings (SSSR count). The third-order valence-corrected chi connectivity index (χ3v) is 4.49. The molecule has 0 spiro atoms. The molecule has 5 nitrogen and oxygen atoms in total. The highest BCUT2D eigenvalue weighted by Crippen LogP contribution is 2.27. The lowest BCUT2D eigenvalue weighted by Crippen LogP contribution is -2.48. The fourth-order valence-electron chi connectivity index (χ4n) is 3.29. The van der Waals surface area contributed by atoms with Gasteiger partial charge in [-0.2, -0.15) is 0 Å². The summed E-state index contributed by atoms with van der Waals surface area (Å²) in [7, 11) is 1.69. The Hall–Kier alpha value is -1.10. The number of rotatable bonds is 6. The lowest BCUT2D eigenvalue weighted by molar-refractivity contribution is -0.125. The summed E-state index contributed by atoms with van der Waals surface area (Å²) in [5.74, 6) is 0.540. The first-order chi connectivity index (χ1) is 9.63. The fraction of sp³-hybridized carbons (Fsp3) is 0.867. The minimum atomic E-state index is -0.144. The van der Waals surface area contributed by atoms with Crippen molar-refractivity contribution in [3.05, 3.63) is 0 Å². The average Bonchev–Trinajstić information content (AvgIpc) is 2.70. The summed E-state index contributed by atoms with van der Waals surface area (Å²) in [6.45, 7) is 3.86. The average molecular weight is 281 g/mol. The van der Waals surface area contributed by atoms with Gasteiger partial charge in [0.25, 0.3) is 0 Å². The normalized spacial score (nSPS) is 22.7. The molecule has 1 unspecified atom stereocenters. The largest absolute Gasteiger partial charge is 0.327 e. The molecular formula is C15H27N3O2. The van der Waals surface area contributed by atoms with Crippen LogP contribution < -0.4 is 5.32 Å². The standard InChI is InChI=1S/C15H27N3O2/c1-3-9-16-13(12-7-5-4-6-8-12)10-18-14(19)11-17(2)15(18)20/h12-13,16H,3-11H2,1-2H3. The molecule has 1 saturated heterocycles. The van der Waals surface area contributed by atoms with Gasteiger partial charge in [-0.15, -0.1) is 0 Å². The molecule has 5 heteroatoms. The van der Waals surface area contributed by atoms with E-state index >= 15 is 0 Å². The van der Waals surface area contributed by atoms with Crippen LogP contribution in [0.1, 0.15) is 45.4 Å². The fourth-order valence-corrected chi connectivity index (χ4v) is 3.29. The number of amides is 3. The summed E-state index contributed by atoms with van der Waals surface area (Å²) in [5.41, 5.74) is 0. The number of hydrogen-bond acceptors (Lipinski definition) is 3. The van der Waals surface area contributed by atoms with Crippen LogP contribution in [0.15, 0.2) is 0 Å². The molecule has 0 aromatic heterocycles. The van der Waals surface area contributed by atoms with E-state index in [1.54, 1.807) is 7.05 Å². The molecule has 114 valence electrons. The number of imide groups is 1. The molecule has 1 heterocycles. The van der Waals surface area contributed by atoms with Crippen LogP contribution in [-0.2, 0) is 4.79 Å². The molecular weight excluding hydrogens is 254 g/mol. The van der Waals surface area contributed by atoms with E-state index in [-0.39, 0.29) is 24.5 Å². The minimum Gasteiger partial charge on any atom is -0.318 e. The molecule has 2 fully saturated rings. The van der Waals surface area contributed by atoms with Crippen LogP contribution in [0.25, 0.3) is 0 Å². The smallest absolute Gasteiger partial charge is 0.318 e. The summed E-state index contributed by atoms with van der Waals surface area (Å²) < 4.78 is 0. The van der Waals surface area contributed by atoms with Crippen molar-refractivity contribution in [1.29, 1.82) is 0 Å². The SMILES string of the molecule is CCCNC(CN1C(=O)CN(C)C1=O)C1CCCCC1. The van der Waals surface area contributed by atoms with E-state index in [0.29, 0.717) is 12.5 Å². The first-order valence-electron chi connectivity index (χ1n) is 7.92. The lowest BCUT2D eigenvalue weighted by Gasteiger charge is -2.33. The molecule has 20 heavy (non-hydrogen) atoms. The highest BCUT2D eigenvalue weighted by molar-refractivity contribution is 6.01. The van der Waals surface area contributed by atoms with Crippen molar-refractivity contribution >= 4 is 11.9 Å². The molecule has 0 aromatic carbocycles. The van der Waals surface area contributed by atoms with Gasteiger partial charge in [0.2, 0.25) is 5.91 Å². The molecule has 0 aromatic rings. The Bertz CT molecular complexity index is 353. The second kappa shape index (κ2) is 7.07. The van der Waals surface area contributed by atoms with Crippen molar-refractivity contribution in [3.8, 4) is 0 Å². The molecule has 3 amide bonds. The van der Waals surface area contributed by atoms with E-state index in [9.17, 15) is 9.59 Å². The van der Waals surface area contributed by atoms with Gasteiger partial charge in [-0.25, -0.2) is 4.79 Å². The summed E-state index contributed by atoms with van der Waals surface area (Å²) in [6.07, 6.45) is 7.38. The molecule has 1 aliphatic carbocycles. The lowest BCUT2D eigenvalue weighted by atomic mass is 9.83. The Kier molecular flexibility index (Phi) is 5.40. The summed E-state index contributed by atoms with van der Waals surface area (Å²) in [4.78, 5) is 26.9. The number of hydrogen-bond donors (Lipinski definition) is 1. The van der Waals surface area contributed by atoms with Gasteiger partial charge in [0, 0.05) is 19.6 Å². The topological polar surface area (TPSA) is 52.7 Å². The first-order valence-corrected chi connectivity index (χ1v) is 7.92. The molecule has 2 aliphatic rings. The monoisotopic (exact) mass is 281 g/mol. The number of carbonyl (C=O) groups is 2. The molecule has 1 saturated carbocycles. The van der Waals surface area contributed by atoms with Crippen LogP contribution in [0.5, 0.6) is 0 Å². The summed E-state index contributed by atoms with van der Waals surface area (Å²) in [6, 6.07) is 0.115. The summed E-state index contributed by atoms with van der Waals surface area (Å²) in [5, 5.41) is 3.56. The number of carbonyl (C=O) groups excluding carboxylic acids is 2. The first kappa shape index (κ1) is 15.3. The molecule has 0 bridgehead atoms. The minimum absolute atomic E-state index is 0.0587. The molecule has 1 aliphatic heterocycles. The second-order valence-electron chi connectivity index (χ2n) is 6.10. The number of likely N-dealkylation sites (N-methyl/N-ethyl adjacent to an activating group) is 1. The number of nitrogens with one attached hydrogen (secondary N) is 1. The van der Waals surface area contributed by atoms with Crippen LogP contribution in [0.2, 0.25) is 0 Å². The predicted molar refractivity (Wildman–Crippen MR) is 78.4 cm³/mol. The van der Waals surface area contributed by atoms with Crippen LogP contribution in [0.4, 0.5) is 4.79 Å². The third kappa shape index (κ3) is 3.51. The third-order valence-electron chi connectivity index (χ3n) is 4.49. The number of urea groups is 1. The van der Waals surface area contributed by atoms with E-state index in [4.69, 9.17) is 0 Å². The predicted octanol–water partition coefficient (Wildman–Crippen LogP) is 1.83. The van der Waals surface area contributed by atoms with E-state index in [1.807, 2.05) is 0 Å². The zero-order valence-electron chi connectivity index (χ0n) is 12.7. The Morgan fingerprint density at radius 1 is 1.25 bits per heavy atom. The molecule has 1 N–H and O–H groups in total. The van der Waals surface area contributed by atoms with Crippen molar-refractivity contribution in [2.24, 2.45) is 5.92 Å². The van der Waals surface area contributed by atoms with E-state index in [0.717, 1.165) is 13.0 Å². The Labute approximate surface area is 121 Å². The maximum absolute atomic E-state index is 12.0. The summed E-state index contributed by atoms with van der Waals surface area (Å²) >= 11 is 0. The van der Waals surface area contributed by atoms with Gasteiger partial charge < -0.3 is 10.2 Å². The Balaban J connectivity index is 1.99. The zero-order chi connectivity index (χ0) is 14.5. The Morgan fingerprint density at radius 3 is 2.50 bits per heavy atom. The van der Waals surface area contributed by atoms with Crippen molar-refractivity contribution in [1.82, 2.24) is 15.1 Å². The highest BCUT2D eigenvalue weighted by Gasteiger charge is 2.36. The van der Waals surface area contributed by atoms with Crippen molar-refractivity contribution in [3.63, 3.8) is 0 Å². The van der Waals surface area contributed by atoms with Crippen LogP contribution in [0.3, 0.4) is 0 Å². The van der Waals surface area contributed by atoms with Crippen molar-refractivity contribution in [2.45, 2.75) is 51.5 Å².